The number of carbonyl (C=O) groups excluding carboxylic acids is 1. The van der Waals surface area contributed by atoms with Crippen molar-refractivity contribution in [2.75, 3.05) is 62.3 Å². The molecule has 2 aromatic rings. The topological polar surface area (TPSA) is 61.8 Å². The standard InChI is InChI=1S/C18H23N5O2S/c1-14-13-16(20-18(19-14)23-8-10-25-11-9-23)21-4-6-22(7-5-21)17(24)15-3-2-12-26-15/h2-3,12-13H,4-11H2,1H3. The van der Waals surface area contributed by atoms with Crippen molar-refractivity contribution >= 4 is 29.0 Å². The highest BCUT2D eigenvalue weighted by Crippen LogP contribution is 2.21. The number of aromatic nitrogens is 2. The fourth-order valence-electron chi connectivity index (χ4n) is 3.30. The van der Waals surface area contributed by atoms with Crippen molar-refractivity contribution < 1.29 is 9.53 Å². The largest absolute Gasteiger partial charge is 0.378 e. The molecule has 2 aliphatic rings. The van der Waals surface area contributed by atoms with Crippen LogP contribution in [-0.4, -0.2) is 73.3 Å². The third-order valence-electron chi connectivity index (χ3n) is 4.75. The molecule has 7 nitrogen and oxygen atoms in total. The van der Waals surface area contributed by atoms with E-state index in [0.29, 0.717) is 13.1 Å². The van der Waals surface area contributed by atoms with E-state index < -0.39 is 0 Å². The highest BCUT2D eigenvalue weighted by Gasteiger charge is 2.24. The van der Waals surface area contributed by atoms with Crippen LogP contribution in [0.4, 0.5) is 11.8 Å². The Morgan fingerprint density at radius 1 is 1.08 bits per heavy atom. The summed E-state index contributed by atoms with van der Waals surface area (Å²) in [6.07, 6.45) is 0. The van der Waals surface area contributed by atoms with Gasteiger partial charge < -0.3 is 19.4 Å². The molecule has 4 rings (SSSR count). The highest BCUT2D eigenvalue weighted by molar-refractivity contribution is 7.12. The molecule has 0 aromatic carbocycles. The summed E-state index contributed by atoms with van der Waals surface area (Å²) in [7, 11) is 0. The second-order valence-corrected chi connectivity index (χ2v) is 7.47. The van der Waals surface area contributed by atoms with E-state index in [1.165, 1.54) is 11.3 Å². The zero-order chi connectivity index (χ0) is 17.9. The second-order valence-electron chi connectivity index (χ2n) is 6.52. The van der Waals surface area contributed by atoms with E-state index in [2.05, 4.69) is 14.8 Å². The van der Waals surface area contributed by atoms with Gasteiger partial charge in [-0.1, -0.05) is 6.07 Å². The zero-order valence-electron chi connectivity index (χ0n) is 14.9. The van der Waals surface area contributed by atoms with Crippen LogP contribution in [0.2, 0.25) is 0 Å². The summed E-state index contributed by atoms with van der Waals surface area (Å²) in [4.78, 5) is 29.0. The first-order valence-corrected chi connectivity index (χ1v) is 9.85. The van der Waals surface area contributed by atoms with Crippen molar-refractivity contribution in [2.24, 2.45) is 0 Å². The lowest BCUT2D eigenvalue weighted by Crippen LogP contribution is -2.49. The van der Waals surface area contributed by atoms with Crippen molar-refractivity contribution in [3.05, 3.63) is 34.2 Å². The Balaban J connectivity index is 1.44. The summed E-state index contributed by atoms with van der Waals surface area (Å²) in [5.74, 6) is 1.86. The van der Waals surface area contributed by atoms with Crippen molar-refractivity contribution in [1.29, 1.82) is 0 Å². The van der Waals surface area contributed by atoms with Gasteiger partial charge in [-0.3, -0.25) is 4.79 Å². The Labute approximate surface area is 157 Å². The molecule has 0 N–H and O–H groups in total. The molecule has 0 saturated carbocycles. The minimum atomic E-state index is 0.132. The van der Waals surface area contributed by atoms with Gasteiger partial charge in [-0.15, -0.1) is 11.3 Å². The molecule has 0 aliphatic carbocycles. The number of rotatable bonds is 3. The summed E-state index contributed by atoms with van der Waals surface area (Å²) in [5, 5.41) is 1.94. The molecule has 0 spiro atoms. The quantitative estimate of drug-likeness (QED) is 0.815. The lowest BCUT2D eigenvalue weighted by Gasteiger charge is -2.36. The number of hydrogen-bond acceptors (Lipinski definition) is 7. The number of aryl methyl sites for hydroxylation is 1. The van der Waals surface area contributed by atoms with Gasteiger partial charge in [0.2, 0.25) is 5.95 Å². The SMILES string of the molecule is Cc1cc(N2CCN(C(=O)c3cccs3)CC2)nc(N2CCOCC2)n1. The van der Waals surface area contributed by atoms with Crippen LogP contribution in [0.5, 0.6) is 0 Å². The monoisotopic (exact) mass is 373 g/mol. The molecule has 2 aliphatic heterocycles. The molecule has 138 valence electrons. The van der Waals surface area contributed by atoms with Crippen LogP contribution in [0.15, 0.2) is 23.6 Å². The van der Waals surface area contributed by atoms with Crippen LogP contribution in [0, 0.1) is 6.92 Å². The number of nitrogens with zero attached hydrogens (tertiary/aromatic N) is 5. The second kappa shape index (κ2) is 7.59. The van der Waals surface area contributed by atoms with E-state index in [1.807, 2.05) is 35.4 Å². The number of morpholine rings is 1. The number of ether oxygens (including phenoxy) is 1. The van der Waals surface area contributed by atoms with Gasteiger partial charge >= 0.3 is 0 Å². The van der Waals surface area contributed by atoms with Gasteiger partial charge in [-0.25, -0.2) is 4.98 Å². The molecule has 0 radical (unpaired) electrons. The summed E-state index contributed by atoms with van der Waals surface area (Å²) >= 11 is 1.50. The Bertz CT molecular complexity index is 753. The maximum atomic E-state index is 12.5. The number of carbonyl (C=O) groups is 1. The molecule has 8 heteroatoms. The lowest BCUT2D eigenvalue weighted by molar-refractivity contribution is 0.0751. The summed E-state index contributed by atoms with van der Waals surface area (Å²) in [5.41, 5.74) is 0.966. The predicted octanol–water partition coefficient (Wildman–Crippen LogP) is 1.65. The summed E-state index contributed by atoms with van der Waals surface area (Å²) < 4.78 is 5.42. The average molecular weight is 373 g/mol. The molecule has 4 heterocycles. The first-order valence-electron chi connectivity index (χ1n) is 8.97. The molecule has 2 fully saturated rings. The summed E-state index contributed by atoms with van der Waals surface area (Å²) in [6, 6.07) is 5.84. The van der Waals surface area contributed by atoms with Crippen LogP contribution in [0.1, 0.15) is 15.4 Å². The van der Waals surface area contributed by atoms with Gasteiger partial charge in [0.1, 0.15) is 5.82 Å². The van der Waals surface area contributed by atoms with Gasteiger partial charge in [0.05, 0.1) is 18.1 Å². The Kier molecular flexibility index (Phi) is 5.03. The van der Waals surface area contributed by atoms with E-state index in [1.54, 1.807) is 0 Å². The zero-order valence-corrected chi connectivity index (χ0v) is 15.7. The van der Waals surface area contributed by atoms with Crippen molar-refractivity contribution in [2.45, 2.75) is 6.92 Å². The minimum Gasteiger partial charge on any atom is -0.378 e. The smallest absolute Gasteiger partial charge is 0.264 e. The summed E-state index contributed by atoms with van der Waals surface area (Å²) in [6.45, 7) is 8.10. The molecular formula is C18H23N5O2S. The fourth-order valence-corrected chi connectivity index (χ4v) is 3.99. The maximum Gasteiger partial charge on any atom is 0.264 e. The molecular weight excluding hydrogens is 350 g/mol. The number of amides is 1. The minimum absolute atomic E-state index is 0.132. The van der Waals surface area contributed by atoms with E-state index in [9.17, 15) is 4.79 Å². The first-order chi connectivity index (χ1) is 12.7. The van der Waals surface area contributed by atoms with Crippen LogP contribution < -0.4 is 9.80 Å². The molecule has 0 unspecified atom stereocenters. The first kappa shape index (κ1) is 17.2. The average Bonchev–Trinajstić information content (AvgIpc) is 3.22. The Morgan fingerprint density at radius 2 is 1.85 bits per heavy atom. The van der Waals surface area contributed by atoms with Crippen LogP contribution in [-0.2, 0) is 4.74 Å². The normalized spacial score (nSPS) is 18.3. The Morgan fingerprint density at radius 3 is 2.54 bits per heavy atom. The third kappa shape index (κ3) is 3.66. The number of thiophene rings is 1. The van der Waals surface area contributed by atoms with Gasteiger partial charge in [-0.05, 0) is 18.4 Å². The molecule has 2 aromatic heterocycles. The Hall–Kier alpha value is -2.19. The molecule has 0 bridgehead atoms. The molecule has 26 heavy (non-hydrogen) atoms. The van der Waals surface area contributed by atoms with Gasteiger partial charge in [-0.2, -0.15) is 4.98 Å². The fraction of sp³-hybridized carbons (Fsp3) is 0.500. The van der Waals surface area contributed by atoms with Crippen molar-refractivity contribution in [1.82, 2.24) is 14.9 Å². The molecule has 2 saturated heterocycles. The van der Waals surface area contributed by atoms with E-state index in [-0.39, 0.29) is 5.91 Å². The lowest BCUT2D eigenvalue weighted by atomic mass is 10.2. The maximum absolute atomic E-state index is 12.5. The van der Waals surface area contributed by atoms with E-state index in [4.69, 9.17) is 9.72 Å². The van der Waals surface area contributed by atoms with E-state index >= 15 is 0 Å². The predicted molar refractivity (Wildman–Crippen MR) is 102 cm³/mol. The van der Waals surface area contributed by atoms with Crippen molar-refractivity contribution in [3.63, 3.8) is 0 Å². The molecule has 1 amide bonds. The van der Waals surface area contributed by atoms with Gasteiger partial charge in [0.15, 0.2) is 0 Å². The number of anilines is 2. The third-order valence-corrected chi connectivity index (χ3v) is 5.60. The number of piperazine rings is 1. The van der Waals surface area contributed by atoms with E-state index in [0.717, 1.165) is 61.7 Å². The van der Waals surface area contributed by atoms with Crippen LogP contribution in [0.3, 0.4) is 0 Å². The molecule has 0 atom stereocenters. The van der Waals surface area contributed by atoms with Gasteiger partial charge in [0.25, 0.3) is 5.91 Å². The highest BCUT2D eigenvalue weighted by atomic mass is 32.1. The number of hydrogen-bond donors (Lipinski definition) is 0. The van der Waals surface area contributed by atoms with Crippen molar-refractivity contribution in [3.8, 4) is 0 Å². The van der Waals surface area contributed by atoms with Crippen LogP contribution in [0.25, 0.3) is 0 Å². The van der Waals surface area contributed by atoms with Gasteiger partial charge in [0, 0.05) is 51.0 Å². The van der Waals surface area contributed by atoms with Crippen LogP contribution >= 0.6 is 11.3 Å².